The Hall–Kier alpha value is -2.64. The van der Waals surface area contributed by atoms with Crippen molar-refractivity contribution in [1.82, 2.24) is 18.8 Å². The molecule has 1 atom stereocenters. The summed E-state index contributed by atoms with van der Waals surface area (Å²) in [5.74, 6) is 0. The number of anilines is 1. The van der Waals surface area contributed by atoms with E-state index >= 15 is 0 Å². The van der Waals surface area contributed by atoms with Gasteiger partial charge < -0.3 is 9.47 Å². The molecule has 33 heavy (non-hydrogen) atoms. The molecule has 0 fully saturated rings. The summed E-state index contributed by atoms with van der Waals surface area (Å²) >= 11 is 0. The number of rotatable bonds is 5. The van der Waals surface area contributed by atoms with E-state index in [1.807, 2.05) is 36.0 Å². The van der Waals surface area contributed by atoms with Gasteiger partial charge in [0.25, 0.3) is 0 Å². The second-order valence-electron chi connectivity index (χ2n) is 7.86. The van der Waals surface area contributed by atoms with Crippen molar-refractivity contribution in [2.45, 2.75) is 25.6 Å². The molecule has 1 aromatic carbocycles. The zero-order valence-corrected chi connectivity index (χ0v) is 20.8. The first-order chi connectivity index (χ1) is 14.8. The van der Waals surface area contributed by atoms with Crippen LogP contribution in [0.3, 0.4) is 0 Å². The molecule has 1 aliphatic rings. The number of fused-ring (bicyclic) bond motifs is 1. The van der Waals surface area contributed by atoms with E-state index in [-0.39, 0.29) is 37.4 Å². The number of halogens is 2. The molecule has 176 valence electrons. The van der Waals surface area contributed by atoms with E-state index in [4.69, 9.17) is 0 Å². The van der Waals surface area contributed by atoms with Gasteiger partial charge in [-0.05, 0) is 41.8 Å². The lowest BCUT2D eigenvalue weighted by atomic mass is 10.1. The molecule has 3 aromatic rings. The summed E-state index contributed by atoms with van der Waals surface area (Å²) in [7, 11) is -1.55. The molecular formula is C22H26Cl2N6O2S. The topological polar surface area (TPSA) is 95.1 Å². The summed E-state index contributed by atoms with van der Waals surface area (Å²) < 4.78 is 29.1. The predicted molar refractivity (Wildman–Crippen MR) is 132 cm³/mol. The van der Waals surface area contributed by atoms with Gasteiger partial charge in [-0.1, -0.05) is 6.07 Å². The molecule has 1 aliphatic heterocycles. The summed E-state index contributed by atoms with van der Waals surface area (Å²) in [6.45, 7) is 1.30. The minimum atomic E-state index is -3.49. The van der Waals surface area contributed by atoms with Crippen LogP contribution in [-0.2, 0) is 36.6 Å². The SMILES string of the molecule is Cl.Cl.Cn1cncc1CN1C[C@@H](Cc2cccnc2)N(S(C)(=O)=O)Cc2cc(C#N)ccc21. The van der Waals surface area contributed by atoms with E-state index < -0.39 is 10.0 Å². The number of aromatic nitrogens is 3. The highest BCUT2D eigenvalue weighted by Gasteiger charge is 2.33. The third kappa shape index (κ3) is 6.03. The van der Waals surface area contributed by atoms with E-state index in [0.717, 1.165) is 22.5 Å². The normalized spacial score (nSPS) is 16.0. The zero-order chi connectivity index (χ0) is 22.0. The predicted octanol–water partition coefficient (Wildman–Crippen LogP) is 2.92. The van der Waals surface area contributed by atoms with Gasteiger partial charge in [0.15, 0.2) is 0 Å². The van der Waals surface area contributed by atoms with E-state index in [2.05, 4.69) is 20.9 Å². The molecule has 0 spiro atoms. The van der Waals surface area contributed by atoms with E-state index in [1.54, 1.807) is 35.2 Å². The maximum Gasteiger partial charge on any atom is 0.211 e. The smallest absolute Gasteiger partial charge is 0.211 e. The molecule has 4 rings (SSSR count). The van der Waals surface area contributed by atoms with Crippen LogP contribution in [0, 0.1) is 11.3 Å². The first-order valence-corrected chi connectivity index (χ1v) is 11.8. The Morgan fingerprint density at radius 3 is 2.58 bits per heavy atom. The number of hydrogen-bond acceptors (Lipinski definition) is 6. The van der Waals surface area contributed by atoms with Gasteiger partial charge in [-0.3, -0.25) is 4.98 Å². The van der Waals surface area contributed by atoms with E-state index in [1.165, 1.54) is 6.26 Å². The summed E-state index contributed by atoms with van der Waals surface area (Å²) in [5.41, 5.74) is 4.26. The Labute approximate surface area is 206 Å². The number of benzene rings is 1. The quantitative estimate of drug-likeness (QED) is 0.525. The number of imidazole rings is 1. The van der Waals surface area contributed by atoms with Crippen molar-refractivity contribution < 1.29 is 8.42 Å². The lowest BCUT2D eigenvalue weighted by molar-refractivity contribution is 0.320. The number of nitriles is 1. The van der Waals surface area contributed by atoms with Crippen molar-refractivity contribution in [3.63, 3.8) is 0 Å². The van der Waals surface area contributed by atoms with Crippen LogP contribution >= 0.6 is 24.8 Å². The van der Waals surface area contributed by atoms with E-state index in [9.17, 15) is 13.7 Å². The summed E-state index contributed by atoms with van der Waals surface area (Å²) in [6.07, 6.45) is 8.84. The van der Waals surface area contributed by atoms with Gasteiger partial charge in [0.1, 0.15) is 0 Å². The van der Waals surface area contributed by atoms with Crippen LogP contribution in [0.25, 0.3) is 0 Å². The van der Waals surface area contributed by atoms with Gasteiger partial charge in [0, 0.05) is 50.5 Å². The zero-order valence-electron chi connectivity index (χ0n) is 18.3. The molecular weight excluding hydrogens is 483 g/mol. The number of pyridine rings is 1. The van der Waals surface area contributed by atoms with Crippen LogP contribution in [0.5, 0.6) is 0 Å². The van der Waals surface area contributed by atoms with Crippen molar-refractivity contribution in [3.8, 4) is 6.07 Å². The van der Waals surface area contributed by atoms with Gasteiger partial charge in [-0.25, -0.2) is 13.4 Å². The van der Waals surface area contributed by atoms with Crippen molar-refractivity contribution in [3.05, 3.63) is 77.6 Å². The van der Waals surface area contributed by atoms with Crippen LogP contribution in [0.15, 0.2) is 55.2 Å². The van der Waals surface area contributed by atoms with E-state index in [0.29, 0.717) is 25.1 Å². The van der Waals surface area contributed by atoms with Crippen LogP contribution in [0.4, 0.5) is 5.69 Å². The van der Waals surface area contributed by atoms with Crippen LogP contribution in [-0.4, -0.2) is 46.1 Å². The minimum absolute atomic E-state index is 0. The first kappa shape index (κ1) is 26.6. The Bertz CT molecular complexity index is 1230. The molecule has 2 aromatic heterocycles. The molecule has 0 bridgehead atoms. The molecule has 0 unspecified atom stereocenters. The largest absolute Gasteiger partial charge is 0.364 e. The molecule has 11 heteroatoms. The number of nitrogens with zero attached hydrogens (tertiary/aromatic N) is 6. The lowest BCUT2D eigenvalue weighted by Gasteiger charge is -2.31. The van der Waals surface area contributed by atoms with Crippen molar-refractivity contribution in [2.24, 2.45) is 7.05 Å². The van der Waals surface area contributed by atoms with Gasteiger partial charge >= 0.3 is 0 Å². The monoisotopic (exact) mass is 508 g/mol. The number of hydrogen-bond donors (Lipinski definition) is 0. The molecule has 0 aliphatic carbocycles. The Morgan fingerprint density at radius 2 is 1.97 bits per heavy atom. The van der Waals surface area contributed by atoms with Gasteiger partial charge in [0.2, 0.25) is 10.0 Å². The fourth-order valence-electron chi connectivity index (χ4n) is 4.06. The molecule has 0 radical (unpaired) electrons. The summed E-state index contributed by atoms with van der Waals surface area (Å²) in [6, 6.07) is 11.2. The maximum atomic E-state index is 12.8. The molecule has 0 saturated heterocycles. The molecule has 8 nitrogen and oxygen atoms in total. The van der Waals surface area contributed by atoms with Crippen LogP contribution in [0.2, 0.25) is 0 Å². The third-order valence-corrected chi connectivity index (χ3v) is 6.88. The second kappa shape index (κ2) is 11.0. The van der Waals surface area contributed by atoms with Crippen molar-refractivity contribution >= 4 is 40.5 Å². The summed E-state index contributed by atoms with van der Waals surface area (Å²) in [4.78, 5) is 10.6. The summed E-state index contributed by atoms with van der Waals surface area (Å²) in [5, 5.41) is 9.38. The minimum Gasteiger partial charge on any atom is -0.364 e. The highest BCUT2D eigenvalue weighted by atomic mass is 35.5. The molecule has 3 heterocycles. The highest BCUT2D eigenvalue weighted by Crippen LogP contribution is 2.31. The van der Waals surface area contributed by atoms with Gasteiger partial charge in [-0.2, -0.15) is 9.57 Å². The van der Waals surface area contributed by atoms with Crippen molar-refractivity contribution in [2.75, 3.05) is 17.7 Å². The Kier molecular flexibility index (Phi) is 8.86. The standard InChI is InChI=1S/C22H24N6O2S.2ClH/c1-26-16-25-12-21(26)15-27-14-20(9-18-4-3-7-24-11-18)28(31(2,29)30)13-19-8-17(10-23)5-6-22(19)27;;/h3-8,11-12,16,20H,9,13-15H2,1-2H3;2*1H/t20-;;/m1../s1. The fourth-order valence-corrected chi connectivity index (χ4v) is 5.11. The highest BCUT2D eigenvalue weighted by molar-refractivity contribution is 7.88. The second-order valence-corrected chi connectivity index (χ2v) is 9.79. The maximum absolute atomic E-state index is 12.8. The average molecular weight is 509 g/mol. The Balaban J connectivity index is 0.00000193. The number of aryl methyl sites for hydroxylation is 1. The lowest BCUT2D eigenvalue weighted by Crippen LogP contribution is -2.45. The molecule has 0 saturated carbocycles. The van der Waals surface area contributed by atoms with Crippen molar-refractivity contribution in [1.29, 1.82) is 5.26 Å². The molecule has 0 amide bonds. The number of sulfonamides is 1. The van der Waals surface area contributed by atoms with Gasteiger partial charge in [-0.15, -0.1) is 24.8 Å². The average Bonchev–Trinajstić information content (AvgIpc) is 3.07. The fraction of sp³-hybridized carbons (Fsp3) is 0.318. The van der Waals surface area contributed by atoms with Gasteiger partial charge in [0.05, 0.1) is 36.5 Å². The Morgan fingerprint density at radius 1 is 1.18 bits per heavy atom. The molecule has 0 N–H and O–H groups in total. The first-order valence-electron chi connectivity index (χ1n) is 9.94. The third-order valence-electron chi connectivity index (χ3n) is 5.60. The van der Waals surface area contributed by atoms with Crippen LogP contribution < -0.4 is 4.90 Å². The van der Waals surface area contributed by atoms with Crippen LogP contribution in [0.1, 0.15) is 22.4 Å².